The molecule has 0 amide bonds. The van der Waals surface area contributed by atoms with E-state index in [9.17, 15) is 0 Å². The highest BCUT2D eigenvalue weighted by Crippen LogP contribution is 2.77. The second kappa shape index (κ2) is 33.3. The monoisotopic (exact) mass is 1690 g/mol. The molecule has 24 bridgehead atoms. The van der Waals surface area contributed by atoms with Crippen LogP contribution in [-0.2, 0) is 18.9 Å². The highest BCUT2D eigenvalue weighted by Gasteiger charge is 2.69. The summed E-state index contributed by atoms with van der Waals surface area (Å²) >= 11 is 0. The molecule has 4 aromatic carbocycles. The first kappa shape index (κ1) is 79.6. The Hall–Kier alpha value is -12.2. The first-order valence-corrected chi connectivity index (χ1v) is 45.8. The number of rotatable bonds is 32. The summed E-state index contributed by atoms with van der Waals surface area (Å²) in [5, 5.41) is 5.49. The lowest BCUT2D eigenvalue weighted by atomic mass is 9.66. The molecule has 28 heteroatoms. The zero-order valence-electron chi connectivity index (χ0n) is 72.2. The number of aromatic nitrogens is 16. The summed E-state index contributed by atoms with van der Waals surface area (Å²) in [4.78, 5) is 79.7. The molecule has 10 atom stereocenters. The first-order valence-electron chi connectivity index (χ1n) is 45.8. The average Bonchev–Trinajstić information content (AvgIpc) is 1.48. The van der Waals surface area contributed by atoms with Gasteiger partial charge in [0.1, 0.15) is 116 Å². The molecule has 28 nitrogen and oxygen atoms in total. The second-order valence-corrected chi connectivity index (χ2v) is 34.0. The van der Waals surface area contributed by atoms with Crippen LogP contribution >= 0.6 is 0 Å². The number of benzene rings is 4. The lowest BCUT2D eigenvalue weighted by Gasteiger charge is -2.35. The van der Waals surface area contributed by atoms with Crippen molar-refractivity contribution in [3.8, 4) is 46.0 Å². The van der Waals surface area contributed by atoms with Gasteiger partial charge < -0.3 is 76.8 Å². The number of pyridine rings is 4. The summed E-state index contributed by atoms with van der Waals surface area (Å²) in [6, 6.07) is 22.7. The van der Waals surface area contributed by atoms with Crippen molar-refractivity contribution in [2.24, 2.45) is 11.8 Å². The SMILES string of the molecule is CCCCOc1c2c(c(OCCCC)c3c4nc5cccc(n5)nc5[nH]c(nc6cccc(n6)nc([nH]4)c13)c1c(OCCCC)c3c(c(OCCCC)c51)[C@H]1O[C@@H]3C3C1[C@H]1O[C@@H]3c3c1c(OCCCC)c1c4nc5cccc(n5)nc5[nH]c(nc6cccc(n6)nc([nH]4)c1c3OCCCC)c1c(OCCCC)c3c(c(OCCCC)c51)[C@@H]1C=C[C@H]3O1)[C@H]1C=C[C@@H]2O1. The third-order valence-corrected chi connectivity index (χ3v) is 25.6. The zero-order valence-corrected chi connectivity index (χ0v) is 72.2. The lowest BCUT2D eigenvalue weighted by Crippen LogP contribution is -2.28. The van der Waals surface area contributed by atoms with Gasteiger partial charge in [0.25, 0.3) is 0 Å². The predicted molar refractivity (Wildman–Crippen MR) is 482 cm³/mol. The number of nitrogens with zero attached hydrogens (tertiary/aromatic N) is 12. The van der Waals surface area contributed by atoms with Gasteiger partial charge in [-0.15, -0.1) is 0 Å². The molecule has 0 radical (unpaired) electrons. The topological polar surface area (TPSA) is 329 Å². The van der Waals surface area contributed by atoms with Crippen LogP contribution in [0.5, 0.6) is 46.0 Å². The summed E-state index contributed by atoms with van der Waals surface area (Å²) in [7, 11) is 0. The highest BCUT2D eigenvalue weighted by atomic mass is 16.6. The highest BCUT2D eigenvalue weighted by molar-refractivity contribution is 6.17. The molecule has 646 valence electrons. The minimum absolute atomic E-state index is 0.284. The number of fused-ring (bicyclic) bond motifs is 53. The van der Waals surface area contributed by atoms with Crippen molar-refractivity contribution in [3.63, 3.8) is 0 Å². The number of ether oxygens (including phenoxy) is 12. The quantitative estimate of drug-likeness (QED) is 0.0225. The third kappa shape index (κ3) is 13.2. The Morgan fingerprint density at radius 3 is 0.556 bits per heavy atom. The number of nitrogens with one attached hydrogen (secondary N) is 4. The first-order chi connectivity index (χ1) is 62.2. The van der Waals surface area contributed by atoms with Crippen LogP contribution in [0.25, 0.3) is 133 Å². The summed E-state index contributed by atoms with van der Waals surface area (Å²) in [6.07, 6.45) is 18.4. The number of unbranched alkanes of at least 4 members (excludes halogenated alkanes) is 8. The van der Waals surface area contributed by atoms with Crippen LogP contribution < -0.4 is 37.9 Å². The molecule has 0 saturated carbocycles. The maximum Gasteiger partial charge on any atom is 0.156 e. The number of H-pyrrole nitrogens is 4. The molecule has 8 aliphatic heterocycles. The largest absolute Gasteiger partial charge is 0.492 e. The van der Waals surface area contributed by atoms with E-state index in [0.29, 0.717) is 232 Å². The fourth-order valence-corrected chi connectivity index (χ4v) is 19.9. The van der Waals surface area contributed by atoms with Crippen LogP contribution in [0.4, 0.5) is 0 Å². The van der Waals surface area contributed by atoms with Crippen LogP contribution in [-0.4, -0.2) is 133 Å². The van der Waals surface area contributed by atoms with Crippen LogP contribution in [0.1, 0.15) is 251 Å². The third-order valence-electron chi connectivity index (χ3n) is 25.6. The Kier molecular flexibility index (Phi) is 21.0. The second-order valence-electron chi connectivity index (χ2n) is 34.0. The van der Waals surface area contributed by atoms with Gasteiger partial charge in [0.05, 0.1) is 120 Å². The number of hydrogen-bond acceptors (Lipinski definition) is 24. The van der Waals surface area contributed by atoms with E-state index in [2.05, 4.69) is 99.6 Å². The van der Waals surface area contributed by atoms with Crippen molar-refractivity contribution in [1.29, 1.82) is 0 Å². The Morgan fingerprint density at radius 1 is 0.222 bits per heavy atom. The zero-order chi connectivity index (χ0) is 85.0. The van der Waals surface area contributed by atoms with E-state index in [-0.39, 0.29) is 36.3 Å². The van der Waals surface area contributed by atoms with Gasteiger partial charge >= 0.3 is 0 Å². The van der Waals surface area contributed by atoms with Crippen LogP contribution in [0, 0.1) is 11.8 Å². The summed E-state index contributed by atoms with van der Waals surface area (Å²) in [6.45, 7) is 20.8. The molecule has 8 aliphatic rings. The maximum absolute atomic E-state index is 7.78. The van der Waals surface area contributed by atoms with Crippen LogP contribution in [0.3, 0.4) is 0 Å². The van der Waals surface area contributed by atoms with E-state index >= 15 is 0 Å². The molecule has 14 aromatic rings. The fourth-order valence-electron chi connectivity index (χ4n) is 19.9. The van der Waals surface area contributed by atoms with Crippen molar-refractivity contribution in [2.75, 3.05) is 52.9 Å². The summed E-state index contributed by atoms with van der Waals surface area (Å²) < 4.78 is 86.4. The molecule has 0 aliphatic carbocycles. The van der Waals surface area contributed by atoms with Gasteiger partial charge in [-0.2, -0.15) is 0 Å². The van der Waals surface area contributed by atoms with E-state index in [4.69, 9.17) is 117 Å². The van der Waals surface area contributed by atoms with Crippen LogP contribution in [0.2, 0.25) is 0 Å². The Morgan fingerprint density at radius 2 is 0.389 bits per heavy atom. The smallest absolute Gasteiger partial charge is 0.156 e. The molecule has 126 heavy (non-hydrogen) atoms. The molecule has 2 saturated heterocycles. The van der Waals surface area contributed by atoms with Crippen molar-refractivity contribution in [1.82, 2.24) is 79.7 Å². The van der Waals surface area contributed by atoms with E-state index in [1.54, 1.807) is 0 Å². The van der Waals surface area contributed by atoms with E-state index in [1.807, 2.05) is 72.8 Å². The van der Waals surface area contributed by atoms with Crippen molar-refractivity contribution in [2.45, 2.75) is 207 Å². The van der Waals surface area contributed by atoms with Gasteiger partial charge in [-0.3, -0.25) is 0 Å². The van der Waals surface area contributed by atoms with E-state index in [1.165, 1.54) is 0 Å². The molecule has 10 aromatic heterocycles. The Bertz CT molecular complexity index is 6230. The van der Waals surface area contributed by atoms with Crippen molar-refractivity contribution >= 4 is 133 Å². The molecule has 0 spiro atoms. The normalized spacial score (nSPS) is 20.3. The van der Waals surface area contributed by atoms with Gasteiger partial charge in [-0.25, -0.2) is 59.8 Å². The van der Waals surface area contributed by atoms with Crippen molar-refractivity contribution < 1.29 is 56.8 Å². The number of hydrogen-bond donors (Lipinski definition) is 4. The van der Waals surface area contributed by atoms with Gasteiger partial charge in [-0.1, -0.05) is 155 Å². The van der Waals surface area contributed by atoms with Gasteiger partial charge in [-0.05, 0) is 99.9 Å². The van der Waals surface area contributed by atoms with E-state index in [0.717, 1.165) is 147 Å². The average molecular weight is 1700 g/mol. The standard InChI is InChI=1S/C98H102N16O12/c1-9-17-41-115-79-61-49-37-38-50(123-49)62(61)80(116-42-18-10-2)72-71(79)91-103-53-29-25-33-57(99-53)107-95-75-76(96(113-95)108-58-34-26-30-54(100-58)104-92(72)111-91)84(120-46-22-14-6)66-65(83(75)119-45-21-13-5)87-69-70(88(66)125-87)90-68-67(89(69)126-90)85(121-47-23-15-7)77-78(86(68)122-48-24-16-8)98-110-60-36-28-32-56(102-60)106-94-74-73(93(112-94)105-55-31-27-35-59(101-55)109-97(77)114-98)81(117-43-19-11-3)63-51-39-40-52(124-51)64(63)82(74)118-44-20-12-4/h25-40,49-52,69-70,87-90H,9-24,41-48H2,1-8H3,(H2,99,100,103,104,107,108,111,113)(H2,101,102,105,106,109,110,112,114)/t49-,50+,51+,52-,69?,70?,87-,88+,89+,90-. The van der Waals surface area contributed by atoms with Gasteiger partial charge in [0.2, 0.25) is 0 Å². The molecular formula is C98H102N16O12. The Balaban J connectivity index is 0.768. The van der Waals surface area contributed by atoms with Crippen molar-refractivity contribution in [3.05, 3.63) is 142 Å². The van der Waals surface area contributed by atoms with E-state index < -0.39 is 24.4 Å². The molecule has 22 rings (SSSR count). The predicted octanol–water partition coefficient (Wildman–Crippen LogP) is 21.9. The fraction of sp³-hybridized carbons (Fsp3) is 0.429. The molecule has 2 fully saturated rings. The maximum atomic E-state index is 7.78. The van der Waals surface area contributed by atoms with Crippen LogP contribution in [0.15, 0.2) is 97.1 Å². The summed E-state index contributed by atoms with van der Waals surface area (Å²) in [5.41, 5.74) is 14.0. The molecule has 2 unspecified atom stereocenters. The number of aromatic amines is 4. The minimum atomic E-state index is -0.592. The van der Waals surface area contributed by atoms with Gasteiger partial charge in [0.15, 0.2) is 45.2 Å². The molecule has 18 heterocycles. The summed E-state index contributed by atoms with van der Waals surface area (Å²) in [5.74, 6) is 4.58. The molecule has 4 N–H and O–H groups in total. The van der Waals surface area contributed by atoms with Gasteiger partial charge in [0, 0.05) is 56.3 Å². The lowest BCUT2D eigenvalue weighted by molar-refractivity contribution is -0.0304. The minimum Gasteiger partial charge on any atom is -0.492 e. The Labute approximate surface area is 725 Å². The molecular weight excluding hydrogens is 1590 g/mol.